The van der Waals surface area contributed by atoms with Gasteiger partial charge in [0.1, 0.15) is 11.0 Å². The van der Waals surface area contributed by atoms with Crippen molar-refractivity contribution in [2.24, 2.45) is 0 Å². The molecule has 1 aromatic heterocycles. The third-order valence-electron chi connectivity index (χ3n) is 4.81. The van der Waals surface area contributed by atoms with E-state index in [0.29, 0.717) is 42.7 Å². The minimum atomic E-state index is -0.292. The van der Waals surface area contributed by atoms with Gasteiger partial charge in [-0.3, -0.25) is 9.59 Å². The van der Waals surface area contributed by atoms with E-state index < -0.39 is 0 Å². The van der Waals surface area contributed by atoms with Crippen LogP contribution in [0.5, 0.6) is 0 Å². The summed E-state index contributed by atoms with van der Waals surface area (Å²) in [6.07, 6.45) is 1.45. The van der Waals surface area contributed by atoms with Crippen LogP contribution in [-0.2, 0) is 9.53 Å². The Bertz CT molecular complexity index is 808. The second-order valence-electron chi connectivity index (χ2n) is 6.36. The summed E-state index contributed by atoms with van der Waals surface area (Å²) in [6, 6.07) is 7.77. The number of benzene rings is 1. The van der Waals surface area contributed by atoms with Gasteiger partial charge in [0.15, 0.2) is 0 Å². The van der Waals surface area contributed by atoms with Crippen LogP contribution in [0.15, 0.2) is 24.3 Å². The summed E-state index contributed by atoms with van der Waals surface area (Å²) in [5.74, 6) is 0.0138. The first-order chi connectivity index (χ1) is 12.1. The lowest BCUT2D eigenvalue weighted by molar-refractivity contribution is -0.142. The Morgan fingerprint density at radius 3 is 2.52 bits per heavy atom. The first kappa shape index (κ1) is 16.8. The van der Waals surface area contributed by atoms with Gasteiger partial charge in [-0.25, -0.2) is 0 Å². The number of ether oxygens (including phenoxy) is 1. The summed E-state index contributed by atoms with van der Waals surface area (Å²) in [5, 5.41) is 1.45. The van der Waals surface area contributed by atoms with E-state index in [-0.39, 0.29) is 17.9 Å². The number of amides is 2. The lowest BCUT2D eigenvalue weighted by Crippen LogP contribution is -2.52. The number of carbonyl (C=O) groups is 2. The minimum Gasteiger partial charge on any atom is -0.368 e. The third kappa shape index (κ3) is 3.14. The van der Waals surface area contributed by atoms with Gasteiger partial charge in [-0.05, 0) is 18.9 Å². The lowest BCUT2D eigenvalue weighted by Gasteiger charge is -2.35. The molecule has 4 rings (SSSR count). The second-order valence-corrected chi connectivity index (χ2v) is 7.79. The van der Waals surface area contributed by atoms with Gasteiger partial charge in [0.05, 0.1) is 5.02 Å². The minimum absolute atomic E-state index is 0.0459. The molecule has 132 valence electrons. The normalized spacial score (nSPS) is 21.1. The van der Waals surface area contributed by atoms with Crippen molar-refractivity contribution in [2.45, 2.75) is 18.9 Å². The quantitative estimate of drug-likeness (QED) is 0.807. The van der Waals surface area contributed by atoms with Crippen molar-refractivity contribution >= 4 is 44.8 Å². The smallest absolute Gasteiger partial charge is 0.265 e. The van der Waals surface area contributed by atoms with E-state index in [1.54, 1.807) is 4.90 Å². The first-order valence-electron chi connectivity index (χ1n) is 8.52. The fourth-order valence-electron chi connectivity index (χ4n) is 3.40. The van der Waals surface area contributed by atoms with Crippen molar-refractivity contribution in [1.29, 1.82) is 0 Å². The molecule has 0 N–H and O–H groups in total. The van der Waals surface area contributed by atoms with Crippen LogP contribution < -0.4 is 0 Å². The average Bonchev–Trinajstić information content (AvgIpc) is 3.30. The summed E-state index contributed by atoms with van der Waals surface area (Å²) in [7, 11) is 0. The van der Waals surface area contributed by atoms with Crippen molar-refractivity contribution < 1.29 is 14.3 Å². The molecule has 0 aliphatic carbocycles. The molecule has 2 aliphatic rings. The Balaban J connectivity index is 1.44. The van der Waals surface area contributed by atoms with Gasteiger partial charge < -0.3 is 14.5 Å². The molecule has 3 heterocycles. The fraction of sp³-hybridized carbons (Fsp3) is 0.444. The Morgan fingerprint density at radius 1 is 1.12 bits per heavy atom. The van der Waals surface area contributed by atoms with Crippen molar-refractivity contribution in [3.8, 4) is 0 Å². The largest absolute Gasteiger partial charge is 0.368 e. The van der Waals surface area contributed by atoms with Crippen LogP contribution in [-0.4, -0.2) is 60.5 Å². The van der Waals surface area contributed by atoms with Crippen LogP contribution in [0.25, 0.3) is 10.1 Å². The topological polar surface area (TPSA) is 49.9 Å². The number of thiophene rings is 1. The molecular weight excluding hydrogens is 360 g/mol. The Labute approximate surface area is 155 Å². The number of hydrogen-bond acceptors (Lipinski definition) is 4. The van der Waals surface area contributed by atoms with E-state index in [1.165, 1.54) is 11.3 Å². The number of hydrogen-bond donors (Lipinski definition) is 0. The molecule has 2 amide bonds. The zero-order chi connectivity index (χ0) is 17.4. The number of halogens is 1. The van der Waals surface area contributed by atoms with Gasteiger partial charge in [-0.2, -0.15) is 0 Å². The summed E-state index contributed by atoms with van der Waals surface area (Å²) in [5.41, 5.74) is 0. The maximum Gasteiger partial charge on any atom is 0.265 e. The van der Waals surface area contributed by atoms with Crippen LogP contribution in [0.4, 0.5) is 0 Å². The number of carbonyl (C=O) groups excluding carboxylic acids is 2. The monoisotopic (exact) mass is 378 g/mol. The lowest BCUT2D eigenvalue weighted by atomic mass is 10.2. The van der Waals surface area contributed by atoms with Gasteiger partial charge in [0.25, 0.3) is 11.8 Å². The molecule has 2 saturated heterocycles. The van der Waals surface area contributed by atoms with Gasteiger partial charge in [-0.1, -0.05) is 29.8 Å². The van der Waals surface area contributed by atoms with Crippen LogP contribution >= 0.6 is 22.9 Å². The van der Waals surface area contributed by atoms with Crippen molar-refractivity contribution in [3.63, 3.8) is 0 Å². The van der Waals surface area contributed by atoms with Crippen molar-refractivity contribution in [3.05, 3.63) is 34.2 Å². The maximum absolute atomic E-state index is 12.8. The molecular formula is C18H19ClN2O3S. The summed E-state index contributed by atoms with van der Waals surface area (Å²) < 4.78 is 6.49. The molecule has 1 unspecified atom stereocenters. The van der Waals surface area contributed by atoms with Crippen molar-refractivity contribution in [2.75, 3.05) is 32.8 Å². The maximum atomic E-state index is 12.8. The molecule has 0 bridgehead atoms. The predicted octanol–water partition coefficient (Wildman–Crippen LogP) is 3.02. The van der Waals surface area contributed by atoms with E-state index in [9.17, 15) is 9.59 Å². The molecule has 7 heteroatoms. The highest BCUT2D eigenvalue weighted by Gasteiger charge is 2.32. The van der Waals surface area contributed by atoms with Gasteiger partial charge in [0, 0.05) is 42.9 Å². The SMILES string of the molecule is O=C(c1sc2ccccc2c1Cl)N1CCN(C(=O)C2CCCO2)CC1. The number of rotatable bonds is 2. The molecule has 2 aromatic rings. The van der Waals surface area contributed by atoms with E-state index in [2.05, 4.69) is 0 Å². The fourth-order valence-corrected chi connectivity index (χ4v) is 4.88. The predicted molar refractivity (Wildman–Crippen MR) is 98.3 cm³/mol. The molecule has 1 aromatic carbocycles. The Hall–Kier alpha value is -1.63. The zero-order valence-corrected chi connectivity index (χ0v) is 15.3. The van der Waals surface area contributed by atoms with Crippen molar-refractivity contribution in [1.82, 2.24) is 9.80 Å². The molecule has 0 radical (unpaired) electrons. The Kier molecular flexibility index (Phi) is 4.67. The highest BCUT2D eigenvalue weighted by Crippen LogP contribution is 2.36. The molecule has 1 atom stereocenters. The van der Waals surface area contributed by atoms with Crippen LogP contribution in [0.3, 0.4) is 0 Å². The molecule has 25 heavy (non-hydrogen) atoms. The zero-order valence-electron chi connectivity index (χ0n) is 13.7. The molecule has 0 spiro atoms. The van der Waals surface area contributed by atoms with E-state index >= 15 is 0 Å². The molecule has 0 saturated carbocycles. The highest BCUT2D eigenvalue weighted by molar-refractivity contribution is 7.21. The molecule has 2 fully saturated rings. The number of nitrogens with zero attached hydrogens (tertiary/aromatic N) is 2. The van der Waals surface area contributed by atoms with Crippen LogP contribution in [0, 0.1) is 0 Å². The summed E-state index contributed by atoms with van der Waals surface area (Å²) in [4.78, 5) is 29.4. The highest BCUT2D eigenvalue weighted by atomic mass is 35.5. The third-order valence-corrected chi connectivity index (χ3v) is 6.48. The van der Waals surface area contributed by atoms with E-state index in [0.717, 1.165) is 22.9 Å². The summed E-state index contributed by atoms with van der Waals surface area (Å²) in [6.45, 7) is 2.82. The van der Waals surface area contributed by atoms with Gasteiger partial charge in [-0.15, -0.1) is 11.3 Å². The number of piperazine rings is 1. The van der Waals surface area contributed by atoms with Gasteiger partial charge in [0.2, 0.25) is 0 Å². The molecule has 2 aliphatic heterocycles. The summed E-state index contributed by atoms with van der Waals surface area (Å²) >= 11 is 7.85. The van der Waals surface area contributed by atoms with Gasteiger partial charge >= 0.3 is 0 Å². The standard InChI is InChI=1S/C18H19ClN2O3S/c19-15-12-4-1-2-6-14(12)25-16(15)18(23)21-9-7-20(8-10-21)17(22)13-5-3-11-24-13/h1-2,4,6,13H,3,5,7-11H2. The number of fused-ring (bicyclic) bond motifs is 1. The Morgan fingerprint density at radius 2 is 1.84 bits per heavy atom. The molecule has 5 nitrogen and oxygen atoms in total. The van der Waals surface area contributed by atoms with E-state index in [1.807, 2.05) is 29.2 Å². The second kappa shape index (κ2) is 6.94. The van der Waals surface area contributed by atoms with Crippen LogP contribution in [0.1, 0.15) is 22.5 Å². The van der Waals surface area contributed by atoms with E-state index in [4.69, 9.17) is 16.3 Å². The average molecular weight is 379 g/mol. The van der Waals surface area contributed by atoms with Crippen LogP contribution in [0.2, 0.25) is 5.02 Å². The first-order valence-corrected chi connectivity index (χ1v) is 9.71.